The lowest BCUT2D eigenvalue weighted by Gasteiger charge is -2.39. The molecule has 4 heteroatoms. The van der Waals surface area contributed by atoms with Gasteiger partial charge in [-0.2, -0.15) is 0 Å². The number of rotatable bonds is 5. The summed E-state index contributed by atoms with van der Waals surface area (Å²) >= 11 is 0. The Labute approximate surface area is 167 Å². The van der Waals surface area contributed by atoms with E-state index in [-0.39, 0.29) is 0 Å². The van der Waals surface area contributed by atoms with E-state index >= 15 is 0 Å². The highest BCUT2D eigenvalue weighted by molar-refractivity contribution is 5.23. The number of likely N-dealkylation sites (tertiary alicyclic amines) is 1. The van der Waals surface area contributed by atoms with E-state index < -0.39 is 0 Å². The molecule has 28 heavy (non-hydrogen) atoms. The average molecular weight is 373 g/mol. The van der Waals surface area contributed by atoms with Gasteiger partial charge in [-0.3, -0.25) is 19.9 Å². The standard InChI is InChI=1S/C24H28N4/c1-18-7-5-16-26-24(18)23-12-4-11-22(28(23)2)21-10-3-9-20(27-21)14-13-19-8-6-15-25-17-19/h3,5-10,15-17,22-23H,4,11-14H2,1-2H3. The summed E-state index contributed by atoms with van der Waals surface area (Å²) in [6, 6.07) is 15.5. The molecule has 2 unspecified atom stereocenters. The molecule has 0 aliphatic carbocycles. The summed E-state index contributed by atoms with van der Waals surface area (Å²) in [5.41, 5.74) is 6.09. The molecule has 0 saturated carbocycles. The van der Waals surface area contributed by atoms with Crippen LogP contribution in [-0.2, 0) is 12.8 Å². The van der Waals surface area contributed by atoms with Gasteiger partial charge >= 0.3 is 0 Å². The van der Waals surface area contributed by atoms with Gasteiger partial charge in [0.15, 0.2) is 0 Å². The minimum absolute atomic E-state index is 0.346. The Morgan fingerprint density at radius 1 is 0.964 bits per heavy atom. The molecule has 4 heterocycles. The van der Waals surface area contributed by atoms with Crippen LogP contribution in [0.3, 0.4) is 0 Å². The second-order valence-corrected chi connectivity index (χ2v) is 7.75. The molecule has 0 spiro atoms. The quantitative estimate of drug-likeness (QED) is 0.641. The van der Waals surface area contributed by atoms with Crippen molar-refractivity contribution in [3.05, 3.63) is 89.3 Å². The van der Waals surface area contributed by atoms with E-state index in [1.807, 2.05) is 30.7 Å². The predicted molar refractivity (Wildman–Crippen MR) is 112 cm³/mol. The maximum atomic E-state index is 5.03. The van der Waals surface area contributed by atoms with Crippen LogP contribution in [0.2, 0.25) is 0 Å². The molecule has 1 aliphatic rings. The molecule has 4 nitrogen and oxygen atoms in total. The zero-order valence-electron chi connectivity index (χ0n) is 16.8. The fourth-order valence-electron chi connectivity index (χ4n) is 4.30. The Hall–Kier alpha value is -2.59. The minimum atomic E-state index is 0.346. The number of piperidine rings is 1. The van der Waals surface area contributed by atoms with Gasteiger partial charge < -0.3 is 0 Å². The molecule has 3 aromatic heterocycles. The van der Waals surface area contributed by atoms with E-state index in [9.17, 15) is 0 Å². The van der Waals surface area contributed by atoms with Crippen molar-refractivity contribution in [3.63, 3.8) is 0 Å². The molecule has 1 fully saturated rings. The van der Waals surface area contributed by atoms with Crippen molar-refractivity contribution >= 4 is 0 Å². The fourth-order valence-corrected chi connectivity index (χ4v) is 4.30. The Morgan fingerprint density at radius 3 is 2.64 bits per heavy atom. The van der Waals surface area contributed by atoms with Gasteiger partial charge in [-0.05, 0) is 81.5 Å². The Morgan fingerprint density at radius 2 is 1.82 bits per heavy atom. The van der Waals surface area contributed by atoms with E-state index in [2.05, 4.69) is 54.2 Å². The smallest absolute Gasteiger partial charge is 0.0604 e. The lowest BCUT2D eigenvalue weighted by Crippen LogP contribution is -2.34. The van der Waals surface area contributed by atoms with Crippen molar-refractivity contribution in [1.29, 1.82) is 0 Å². The second-order valence-electron chi connectivity index (χ2n) is 7.75. The fraction of sp³-hybridized carbons (Fsp3) is 0.375. The van der Waals surface area contributed by atoms with Crippen LogP contribution in [0.4, 0.5) is 0 Å². The summed E-state index contributed by atoms with van der Waals surface area (Å²) in [5.74, 6) is 0. The number of hydrogen-bond acceptors (Lipinski definition) is 4. The van der Waals surface area contributed by atoms with Crippen LogP contribution in [-0.4, -0.2) is 26.9 Å². The first-order valence-electron chi connectivity index (χ1n) is 10.2. The van der Waals surface area contributed by atoms with Gasteiger partial charge in [-0.15, -0.1) is 0 Å². The third kappa shape index (κ3) is 4.12. The monoisotopic (exact) mass is 372 g/mol. The summed E-state index contributed by atoms with van der Waals surface area (Å²) in [6.07, 6.45) is 11.1. The number of aryl methyl sites for hydroxylation is 3. The molecule has 0 amide bonds. The molecular weight excluding hydrogens is 344 g/mol. The molecule has 144 valence electrons. The van der Waals surface area contributed by atoms with E-state index in [0.717, 1.165) is 31.4 Å². The molecule has 1 aliphatic heterocycles. The third-order valence-corrected chi connectivity index (χ3v) is 5.87. The molecule has 0 radical (unpaired) electrons. The Bertz CT molecular complexity index is 909. The van der Waals surface area contributed by atoms with Gasteiger partial charge in [0, 0.05) is 24.3 Å². The van der Waals surface area contributed by atoms with Gasteiger partial charge in [0.2, 0.25) is 0 Å². The van der Waals surface area contributed by atoms with Crippen LogP contribution in [0, 0.1) is 6.92 Å². The highest BCUT2D eigenvalue weighted by atomic mass is 15.2. The number of aromatic nitrogens is 3. The molecular formula is C24H28N4. The zero-order chi connectivity index (χ0) is 19.3. The third-order valence-electron chi connectivity index (χ3n) is 5.87. The van der Waals surface area contributed by atoms with Crippen LogP contribution in [0.5, 0.6) is 0 Å². The first-order valence-corrected chi connectivity index (χ1v) is 10.2. The van der Waals surface area contributed by atoms with E-state index in [0.29, 0.717) is 12.1 Å². The number of hydrogen-bond donors (Lipinski definition) is 0. The van der Waals surface area contributed by atoms with Gasteiger partial charge in [0.25, 0.3) is 0 Å². The maximum absolute atomic E-state index is 5.03. The molecule has 1 saturated heterocycles. The summed E-state index contributed by atoms with van der Waals surface area (Å²) in [7, 11) is 2.23. The zero-order valence-corrected chi connectivity index (χ0v) is 16.8. The van der Waals surface area contributed by atoms with Crippen LogP contribution in [0.15, 0.2) is 61.1 Å². The summed E-state index contributed by atoms with van der Waals surface area (Å²) in [4.78, 5) is 16.4. The normalized spacial score (nSPS) is 20.2. The topological polar surface area (TPSA) is 41.9 Å². The minimum Gasteiger partial charge on any atom is -0.289 e. The first kappa shape index (κ1) is 18.8. The molecule has 2 atom stereocenters. The molecule has 0 bridgehead atoms. The molecule has 4 rings (SSSR count). The van der Waals surface area contributed by atoms with Gasteiger partial charge in [-0.25, -0.2) is 0 Å². The molecule has 0 N–H and O–H groups in total. The second kappa shape index (κ2) is 8.61. The lowest BCUT2D eigenvalue weighted by molar-refractivity contribution is 0.109. The van der Waals surface area contributed by atoms with Crippen molar-refractivity contribution < 1.29 is 0 Å². The van der Waals surface area contributed by atoms with Crippen molar-refractivity contribution in [3.8, 4) is 0 Å². The van der Waals surface area contributed by atoms with Gasteiger partial charge in [0.05, 0.1) is 23.5 Å². The van der Waals surface area contributed by atoms with Crippen molar-refractivity contribution in [2.45, 2.75) is 51.1 Å². The van der Waals surface area contributed by atoms with Gasteiger partial charge in [-0.1, -0.05) is 18.2 Å². The van der Waals surface area contributed by atoms with E-state index in [4.69, 9.17) is 9.97 Å². The highest BCUT2D eigenvalue weighted by Gasteiger charge is 2.31. The van der Waals surface area contributed by atoms with Crippen molar-refractivity contribution in [2.24, 2.45) is 0 Å². The lowest BCUT2D eigenvalue weighted by atomic mass is 9.90. The maximum Gasteiger partial charge on any atom is 0.0604 e. The van der Waals surface area contributed by atoms with E-state index in [1.54, 1.807) is 0 Å². The molecule has 0 aromatic carbocycles. The van der Waals surface area contributed by atoms with Crippen LogP contribution in [0.25, 0.3) is 0 Å². The average Bonchev–Trinajstić information content (AvgIpc) is 2.74. The number of nitrogens with zero attached hydrogens (tertiary/aromatic N) is 4. The predicted octanol–water partition coefficient (Wildman–Crippen LogP) is 4.86. The summed E-state index contributed by atoms with van der Waals surface area (Å²) < 4.78 is 0. The SMILES string of the molecule is Cc1cccnc1C1CCCC(c2cccc(CCc3cccnc3)n2)N1C. The van der Waals surface area contributed by atoms with E-state index in [1.165, 1.54) is 28.9 Å². The summed E-state index contributed by atoms with van der Waals surface area (Å²) in [6.45, 7) is 2.16. The molecule has 3 aromatic rings. The largest absolute Gasteiger partial charge is 0.289 e. The Balaban J connectivity index is 1.51. The van der Waals surface area contributed by atoms with Crippen LogP contribution < -0.4 is 0 Å². The first-order chi connectivity index (χ1) is 13.7. The Kier molecular flexibility index (Phi) is 5.77. The number of pyridine rings is 3. The summed E-state index contributed by atoms with van der Waals surface area (Å²) in [5, 5.41) is 0. The van der Waals surface area contributed by atoms with Crippen molar-refractivity contribution in [1.82, 2.24) is 19.9 Å². The van der Waals surface area contributed by atoms with Crippen LogP contribution >= 0.6 is 0 Å². The van der Waals surface area contributed by atoms with Crippen molar-refractivity contribution in [2.75, 3.05) is 7.05 Å². The highest BCUT2D eigenvalue weighted by Crippen LogP contribution is 2.39. The van der Waals surface area contributed by atoms with Gasteiger partial charge in [0.1, 0.15) is 0 Å². The van der Waals surface area contributed by atoms with Crippen LogP contribution in [0.1, 0.15) is 59.6 Å².